The molecular weight excluding hydrogens is 318 g/mol. The van der Waals surface area contributed by atoms with Gasteiger partial charge in [0.2, 0.25) is 0 Å². The Morgan fingerprint density at radius 1 is 1.12 bits per heavy atom. The lowest BCUT2D eigenvalue weighted by atomic mass is 10.1. The first-order valence-electron chi connectivity index (χ1n) is 7.59. The molecule has 0 aliphatic heterocycles. The first kappa shape index (κ1) is 16.4. The minimum atomic E-state index is 0.0972. The summed E-state index contributed by atoms with van der Waals surface area (Å²) < 4.78 is 10.7. The summed E-state index contributed by atoms with van der Waals surface area (Å²) in [5, 5.41) is 23.4. The van der Waals surface area contributed by atoms with Crippen molar-refractivity contribution in [2.24, 2.45) is 0 Å². The number of fused-ring (bicyclic) bond motifs is 1. The molecule has 0 amide bonds. The third kappa shape index (κ3) is 3.00. The smallest absolute Gasteiger partial charge is 0.162 e. The summed E-state index contributed by atoms with van der Waals surface area (Å²) in [6, 6.07) is 10.9. The monoisotopic (exact) mass is 335 g/mol. The molecule has 2 N–H and O–H groups in total. The number of phenolic OH excluding ortho intramolecular Hbond substituents is 1. The summed E-state index contributed by atoms with van der Waals surface area (Å²) in [6.45, 7) is 1.92. The summed E-state index contributed by atoms with van der Waals surface area (Å²) in [7, 11) is 3.10. The lowest BCUT2D eigenvalue weighted by Crippen LogP contribution is -1.99. The van der Waals surface area contributed by atoms with Gasteiger partial charge in [0.25, 0.3) is 0 Å². The molecular formula is C19H17N3O3. The van der Waals surface area contributed by atoms with Crippen molar-refractivity contribution in [3.63, 3.8) is 0 Å². The Balaban J connectivity index is 2.24. The maximum atomic E-state index is 10.1. The van der Waals surface area contributed by atoms with Crippen LogP contribution in [-0.2, 0) is 0 Å². The largest absolute Gasteiger partial charge is 0.506 e. The number of benzene rings is 2. The van der Waals surface area contributed by atoms with Gasteiger partial charge in [0.15, 0.2) is 11.5 Å². The van der Waals surface area contributed by atoms with Crippen molar-refractivity contribution in [3.8, 4) is 23.3 Å². The molecule has 0 saturated heterocycles. The quantitative estimate of drug-likeness (QED) is 0.704. The Hall–Kier alpha value is -3.46. The molecule has 126 valence electrons. The van der Waals surface area contributed by atoms with E-state index in [1.807, 2.05) is 19.1 Å². The molecule has 3 rings (SSSR count). The molecule has 0 aliphatic rings. The summed E-state index contributed by atoms with van der Waals surface area (Å²) in [5.74, 6) is 1.18. The zero-order chi connectivity index (χ0) is 18.0. The number of nitrogens with zero attached hydrogens (tertiary/aromatic N) is 2. The van der Waals surface area contributed by atoms with Crippen LogP contribution in [-0.4, -0.2) is 24.3 Å². The van der Waals surface area contributed by atoms with Gasteiger partial charge in [-0.2, -0.15) is 5.26 Å². The van der Waals surface area contributed by atoms with E-state index in [-0.39, 0.29) is 5.75 Å². The first-order chi connectivity index (χ1) is 12.1. The maximum Gasteiger partial charge on any atom is 0.162 e. The van der Waals surface area contributed by atoms with E-state index in [1.54, 1.807) is 32.4 Å². The van der Waals surface area contributed by atoms with Crippen LogP contribution in [0.3, 0.4) is 0 Å². The SMILES string of the molecule is COc1cc2ncc(C#N)c(Nc3cc(C)ccc3O)c2cc1OC. The molecule has 2 aromatic carbocycles. The Morgan fingerprint density at radius 3 is 2.52 bits per heavy atom. The lowest BCUT2D eigenvalue weighted by molar-refractivity contribution is 0.356. The topological polar surface area (TPSA) is 87.4 Å². The zero-order valence-electron chi connectivity index (χ0n) is 14.1. The number of aromatic hydroxyl groups is 1. The third-order valence-corrected chi connectivity index (χ3v) is 3.91. The van der Waals surface area contributed by atoms with E-state index in [9.17, 15) is 10.4 Å². The zero-order valence-corrected chi connectivity index (χ0v) is 14.1. The normalized spacial score (nSPS) is 10.3. The Morgan fingerprint density at radius 2 is 1.84 bits per heavy atom. The van der Waals surface area contributed by atoms with Crippen LogP contribution in [0.2, 0.25) is 0 Å². The van der Waals surface area contributed by atoms with E-state index in [4.69, 9.17) is 9.47 Å². The average Bonchev–Trinajstić information content (AvgIpc) is 2.63. The summed E-state index contributed by atoms with van der Waals surface area (Å²) >= 11 is 0. The molecule has 0 radical (unpaired) electrons. The van der Waals surface area contributed by atoms with Gasteiger partial charge in [-0.05, 0) is 30.7 Å². The van der Waals surface area contributed by atoms with Gasteiger partial charge in [-0.15, -0.1) is 0 Å². The first-order valence-corrected chi connectivity index (χ1v) is 7.59. The molecule has 0 bridgehead atoms. The van der Waals surface area contributed by atoms with Crippen LogP contribution in [0.1, 0.15) is 11.1 Å². The van der Waals surface area contributed by atoms with Gasteiger partial charge in [-0.3, -0.25) is 4.98 Å². The van der Waals surface area contributed by atoms with Crippen molar-refractivity contribution < 1.29 is 14.6 Å². The van der Waals surface area contributed by atoms with E-state index in [0.717, 1.165) is 5.56 Å². The number of aromatic nitrogens is 1. The molecule has 6 heteroatoms. The van der Waals surface area contributed by atoms with Gasteiger partial charge < -0.3 is 19.9 Å². The van der Waals surface area contributed by atoms with E-state index >= 15 is 0 Å². The van der Waals surface area contributed by atoms with E-state index < -0.39 is 0 Å². The van der Waals surface area contributed by atoms with Gasteiger partial charge in [0.05, 0.1) is 36.7 Å². The number of hydrogen-bond acceptors (Lipinski definition) is 6. The van der Waals surface area contributed by atoms with Crippen LogP contribution in [0.15, 0.2) is 36.5 Å². The number of anilines is 2. The lowest BCUT2D eigenvalue weighted by Gasteiger charge is -2.15. The molecule has 1 heterocycles. The van der Waals surface area contributed by atoms with Crippen molar-refractivity contribution in [2.75, 3.05) is 19.5 Å². The number of phenols is 1. The second-order valence-corrected chi connectivity index (χ2v) is 5.53. The van der Waals surface area contributed by atoms with E-state index in [2.05, 4.69) is 16.4 Å². The van der Waals surface area contributed by atoms with Crippen LogP contribution in [0, 0.1) is 18.3 Å². The Bertz CT molecular complexity index is 993. The molecule has 0 saturated carbocycles. The Labute approximate surface area is 145 Å². The predicted octanol–water partition coefficient (Wildman–Crippen LogP) is 3.88. The number of ether oxygens (including phenoxy) is 2. The number of nitrogens with one attached hydrogen (secondary N) is 1. The molecule has 0 aliphatic carbocycles. The van der Waals surface area contributed by atoms with Crippen molar-refractivity contribution in [3.05, 3.63) is 47.7 Å². The third-order valence-electron chi connectivity index (χ3n) is 3.91. The van der Waals surface area contributed by atoms with Crippen LogP contribution in [0.25, 0.3) is 10.9 Å². The van der Waals surface area contributed by atoms with Crippen LogP contribution >= 0.6 is 0 Å². The fourth-order valence-electron chi connectivity index (χ4n) is 2.62. The Kier molecular flexibility index (Phi) is 4.31. The summed E-state index contributed by atoms with van der Waals surface area (Å²) in [6.07, 6.45) is 1.49. The van der Waals surface area contributed by atoms with E-state index in [1.165, 1.54) is 6.20 Å². The highest BCUT2D eigenvalue weighted by molar-refractivity contribution is 5.98. The predicted molar refractivity (Wildman–Crippen MR) is 95.7 cm³/mol. The van der Waals surface area contributed by atoms with Crippen molar-refractivity contribution in [2.45, 2.75) is 6.92 Å². The van der Waals surface area contributed by atoms with Gasteiger partial charge in [0, 0.05) is 17.6 Å². The van der Waals surface area contributed by atoms with Crippen LogP contribution < -0.4 is 14.8 Å². The van der Waals surface area contributed by atoms with Crippen LogP contribution in [0.4, 0.5) is 11.4 Å². The molecule has 0 fully saturated rings. The number of nitriles is 1. The number of pyridine rings is 1. The molecule has 0 unspecified atom stereocenters. The van der Waals surface area contributed by atoms with Gasteiger partial charge >= 0.3 is 0 Å². The molecule has 1 aromatic heterocycles. The number of hydrogen-bond donors (Lipinski definition) is 2. The molecule has 0 atom stereocenters. The highest BCUT2D eigenvalue weighted by Gasteiger charge is 2.15. The standard InChI is InChI=1S/C19H17N3O3/c1-11-4-5-16(23)15(6-11)22-19-12(9-20)10-21-14-8-18(25-3)17(24-2)7-13(14)19/h4-8,10,23H,1-3H3,(H,21,22). The maximum absolute atomic E-state index is 10.1. The highest BCUT2D eigenvalue weighted by atomic mass is 16.5. The number of aryl methyl sites for hydroxylation is 1. The second-order valence-electron chi connectivity index (χ2n) is 5.53. The van der Waals surface area contributed by atoms with Crippen molar-refractivity contribution in [1.82, 2.24) is 4.98 Å². The minimum Gasteiger partial charge on any atom is -0.506 e. The number of rotatable bonds is 4. The van der Waals surface area contributed by atoms with Gasteiger partial charge in [0.1, 0.15) is 11.8 Å². The van der Waals surface area contributed by atoms with Crippen molar-refractivity contribution in [1.29, 1.82) is 5.26 Å². The second kappa shape index (κ2) is 6.57. The molecule has 6 nitrogen and oxygen atoms in total. The highest BCUT2D eigenvalue weighted by Crippen LogP contribution is 2.38. The summed E-state index contributed by atoms with van der Waals surface area (Å²) in [4.78, 5) is 4.32. The van der Waals surface area contributed by atoms with Gasteiger partial charge in [-0.1, -0.05) is 6.07 Å². The molecule has 0 spiro atoms. The fourth-order valence-corrected chi connectivity index (χ4v) is 2.62. The minimum absolute atomic E-state index is 0.0972. The van der Waals surface area contributed by atoms with Gasteiger partial charge in [-0.25, -0.2) is 0 Å². The fraction of sp³-hybridized carbons (Fsp3) is 0.158. The van der Waals surface area contributed by atoms with Crippen LogP contribution in [0.5, 0.6) is 17.2 Å². The average molecular weight is 335 g/mol. The molecule has 25 heavy (non-hydrogen) atoms. The summed E-state index contributed by atoms with van der Waals surface area (Å²) in [5.41, 5.74) is 3.05. The number of methoxy groups -OCH3 is 2. The van der Waals surface area contributed by atoms with E-state index in [0.29, 0.717) is 39.3 Å². The van der Waals surface area contributed by atoms with Crippen molar-refractivity contribution >= 4 is 22.3 Å². The molecule has 3 aromatic rings.